The molecule has 0 saturated heterocycles. The summed E-state index contributed by atoms with van der Waals surface area (Å²) in [4.78, 5) is 15.1. The molecule has 0 radical (unpaired) electrons. The van der Waals surface area contributed by atoms with Crippen LogP contribution in [0.5, 0.6) is 5.75 Å². The highest BCUT2D eigenvalue weighted by molar-refractivity contribution is 5.76. The molecule has 1 unspecified atom stereocenters. The summed E-state index contributed by atoms with van der Waals surface area (Å²) in [5.74, 6) is -8.96. The zero-order valence-electron chi connectivity index (χ0n) is 20.4. The van der Waals surface area contributed by atoms with Gasteiger partial charge in [-0.1, -0.05) is 18.2 Å². The Balaban J connectivity index is 1.62. The number of carbonyl (C=O) groups excluding carboxylic acids is 1. The third-order valence-corrected chi connectivity index (χ3v) is 5.71. The lowest BCUT2D eigenvalue weighted by Gasteiger charge is -2.35. The number of carbonyl (C=O) groups is 1. The predicted molar refractivity (Wildman–Crippen MR) is 124 cm³/mol. The average molecular weight is 567 g/mol. The van der Waals surface area contributed by atoms with Crippen LogP contribution < -0.4 is 4.74 Å². The van der Waals surface area contributed by atoms with E-state index in [0.717, 1.165) is 35.4 Å². The lowest BCUT2D eigenvalue weighted by Crippen LogP contribution is -2.48. The molecule has 0 fully saturated rings. The maximum absolute atomic E-state index is 15.8. The van der Waals surface area contributed by atoms with E-state index < -0.39 is 53.0 Å². The van der Waals surface area contributed by atoms with Crippen LogP contribution >= 0.6 is 0 Å². The van der Waals surface area contributed by atoms with Crippen molar-refractivity contribution in [3.05, 3.63) is 90.0 Å². The first-order chi connectivity index (χ1) is 18.9. The molecular formula is C25H19F6N5O4. The summed E-state index contributed by atoms with van der Waals surface area (Å²) < 4.78 is 96.8. The van der Waals surface area contributed by atoms with Crippen molar-refractivity contribution in [2.45, 2.75) is 31.1 Å². The quantitative estimate of drug-likeness (QED) is 0.224. The van der Waals surface area contributed by atoms with E-state index in [2.05, 4.69) is 30.0 Å². The molecule has 9 nitrogen and oxygen atoms in total. The van der Waals surface area contributed by atoms with Gasteiger partial charge in [0.1, 0.15) is 29.4 Å². The number of aromatic nitrogens is 5. The van der Waals surface area contributed by atoms with E-state index in [-0.39, 0.29) is 17.9 Å². The highest BCUT2D eigenvalue weighted by Crippen LogP contribution is 2.47. The van der Waals surface area contributed by atoms with Gasteiger partial charge < -0.3 is 14.6 Å². The second-order valence-electron chi connectivity index (χ2n) is 8.36. The molecule has 1 atom stereocenters. The number of rotatable bonds is 10. The van der Waals surface area contributed by atoms with Crippen LogP contribution in [0, 0.1) is 11.6 Å². The van der Waals surface area contributed by atoms with Crippen molar-refractivity contribution in [2.24, 2.45) is 0 Å². The van der Waals surface area contributed by atoms with E-state index in [1.165, 1.54) is 25.1 Å². The van der Waals surface area contributed by atoms with Crippen molar-refractivity contribution in [2.75, 3.05) is 6.61 Å². The summed E-state index contributed by atoms with van der Waals surface area (Å²) in [6, 6.07) is 8.69. The maximum atomic E-state index is 15.8. The van der Waals surface area contributed by atoms with Crippen LogP contribution in [0.15, 0.2) is 67.1 Å². The van der Waals surface area contributed by atoms with Gasteiger partial charge in [0.25, 0.3) is 0 Å². The van der Waals surface area contributed by atoms with Gasteiger partial charge in [0, 0.05) is 23.4 Å². The molecule has 0 bridgehead atoms. The second-order valence-corrected chi connectivity index (χ2v) is 8.36. The highest BCUT2D eigenvalue weighted by Gasteiger charge is 2.58. The van der Waals surface area contributed by atoms with Gasteiger partial charge in [0.2, 0.25) is 0 Å². The van der Waals surface area contributed by atoms with Crippen molar-refractivity contribution in [1.82, 2.24) is 25.2 Å². The van der Waals surface area contributed by atoms with Gasteiger partial charge in [-0.15, -0.1) is 5.10 Å². The normalized spacial score (nSPS) is 13.5. The lowest BCUT2D eigenvalue weighted by atomic mass is 9.84. The van der Waals surface area contributed by atoms with Crippen molar-refractivity contribution >= 4 is 5.97 Å². The Morgan fingerprint density at radius 2 is 1.70 bits per heavy atom. The highest BCUT2D eigenvalue weighted by atomic mass is 19.3. The van der Waals surface area contributed by atoms with E-state index in [0.29, 0.717) is 23.8 Å². The van der Waals surface area contributed by atoms with E-state index >= 15 is 8.78 Å². The Kier molecular flexibility index (Phi) is 7.77. The lowest BCUT2D eigenvalue weighted by molar-refractivity contribution is -0.216. The van der Waals surface area contributed by atoms with Crippen LogP contribution in [-0.4, -0.2) is 49.0 Å². The van der Waals surface area contributed by atoms with E-state index in [1.807, 2.05) is 0 Å². The molecule has 4 rings (SSSR count). The molecule has 4 aromatic rings. The fraction of sp³-hybridized carbons (Fsp3) is 0.240. The number of benzene rings is 2. The van der Waals surface area contributed by atoms with Gasteiger partial charge in [0.05, 0.1) is 13.2 Å². The Hall–Kier alpha value is -4.53. The summed E-state index contributed by atoms with van der Waals surface area (Å²) in [5.41, 5.74) is -4.58. The van der Waals surface area contributed by atoms with E-state index in [1.54, 1.807) is 0 Å². The summed E-state index contributed by atoms with van der Waals surface area (Å²) in [5, 5.41) is 21.3. The number of aliphatic hydroxyl groups is 1. The number of hydrogen-bond donors (Lipinski definition) is 1. The minimum atomic E-state index is -4.26. The molecular weight excluding hydrogens is 548 g/mol. The number of tetrazole rings is 1. The molecule has 0 spiro atoms. The number of ether oxygens (including phenoxy) is 2. The van der Waals surface area contributed by atoms with Crippen LogP contribution in [0.1, 0.15) is 18.2 Å². The van der Waals surface area contributed by atoms with Crippen LogP contribution in [0.4, 0.5) is 26.3 Å². The molecule has 40 heavy (non-hydrogen) atoms. The minimum Gasteiger partial charge on any atom is -0.459 e. The minimum absolute atomic E-state index is 0.264. The fourth-order valence-corrected chi connectivity index (χ4v) is 3.75. The van der Waals surface area contributed by atoms with Crippen molar-refractivity contribution < 1.29 is 45.7 Å². The first-order valence-electron chi connectivity index (χ1n) is 11.4. The first kappa shape index (κ1) is 28.5. The number of nitrogens with zero attached hydrogens (tertiary/aromatic N) is 5. The van der Waals surface area contributed by atoms with Crippen molar-refractivity contribution in [1.29, 1.82) is 0 Å². The molecule has 210 valence electrons. The molecule has 15 heteroatoms. The largest absolute Gasteiger partial charge is 0.502 e. The molecule has 1 N–H and O–H groups in total. The number of alkyl halides is 4. The summed E-state index contributed by atoms with van der Waals surface area (Å²) in [6.07, 6.45) is -2.28. The monoisotopic (exact) mass is 567 g/mol. The molecule has 0 amide bonds. The Morgan fingerprint density at radius 3 is 2.27 bits per heavy atom. The van der Waals surface area contributed by atoms with Gasteiger partial charge in [-0.2, -0.15) is 17.6 Å². The van der Waals surface area contributed by atoms with Crippen LogP contribution in [0.2, 0.25) is 0 Å². The van der Waals surface area contributed by atoms with Crippen LogP contribution in [0.3, 0.4) is 0 Å². The second kappa shape index (κ2) is 10.9. The average Bonchev–Trinajstić information content (AvgIpc) is 3.42. The zero-order chi connectivity index (χ0) is 29.1. The molecule has 2 aromatic carbocycles. The molecule has 0 aliphatic carbocycles. The molecule has 0 saturated carbocycles. The number of pyridine rings is 1. The number of hydrogen-bond acceptors (Lipinski definition) is 8. The Labute approximate surface area is 222 Å². The number of esters is 1. The first-order valence-corrected chi connectivity index (χ1v) is 11.4. The van der Waals surface area contributed by atoms with Crippen molar-refractivity contribution in [3.8, 4) is 16.9 Å². The summed E-state index contributed by atoms with van der Waals surface area (Å²) >= 11 is 0. The van der Waals surface area contributed by atoms with Gasteiger partial charge in [0.15, 0.2) is 5.60 Å². The van der Waals surface area contributed by atoms with Crippen LogP contribution in [-0.2, 0) is 27.6 Å². The van der Waals surface area contributed by atoms with Gasteiger partial charge >= 0.3 is 18.0 Å². The topological polar surface area (TPSA) is 112 Å². The third kappa shape index (κ3) is 5.59. The van der Waals surface area contributed by atoms with Crippen LogP contribution in [0.25, 0.3) is 11.1 Å². The van der Waals surface area contributed by atoms with E-state index in [4.69, 9.17) is 0 Å². The maximum Gasteiger partial charge on any atom is 0.502 e. The fourth-order valence-electron chi connectivity index (χ4n) is 3.75. The Morgan fingerprint density at radius 1 is 1.00 bits per heavy atom. The third-order valence-electron chi connectivity index (χ3n) is 5.71. The smallest absolute Gasteiger partial charge is 0.459 e. The standard InChI is InChI=1S/C25H19F6N5O4/c1-2-39-22(37)25(30,31)40-18-7-3-15(4-8-18)16-5-10-21(32-12-16)24(28,29)23(38,13-36-14-33-34-35-36)19-9-6-17(26)11-20(19)27/h3-12,14,38H,2,13H2,1H3. The van der Waals surface area contributed by atoms with Crippen molar-refractivity contribution in [3.63, 3.8) is 0 Å². The summed E-state index contributed by atoms with van der Waals surface area (Å²) in [6.45, 7) is 0.0670. The zero-order valence-corrected chi connectivity index (χ0v) is 20.4. The van der Waals surface area contributed by atoms with E-state index in [9.17, 15) is 27.5 Å². The Bertz CT molecular complexity index is 1470. The summed E-state index contributed by atoms with van der Waals surface area (Å²) in [7, 11) is 0. The molecule has 2 aromatic heterocycles. The SMILES string of the molecule is CCOC(=O)C(F)(F)Oc1ccc(-c2ccc(C(F)(F)C(O)(Cn3cnnn3)c3ccc(F)cc3F)nc2)cc1. The van der Waals surface area contributed by atoms with Gasteiger partial charge in [-0.25, -0.2) is 18.3 Å². The van der Waals surface area contributed by atoms with Gasteiger partial charge in [-0.05, 0) is 53.2 Å². The van der Waals surface area contributed by atoms with Gasteiger partial charge in [-0.3, -0.25) is 4.98 Å². The number of halogens is 6. The molecule has 0 aliphatic heterocycles. The molecule has 2 heterocycles. The molecule has 0 aliphatic rings. The predicted octanol–water partition coefficient (Wildman–Crippen LogP) is 4.23.